The molecule has 54 valence electrons. The van der Waals surface area contributed by atoms with Crippen molar-refractivity contribution in [1.29, 1.82) is 0 Å². The molecule has 0 aliphatic heterocycles. The van der Waals surface area contributed by atoms with E-state index in [1.165, 1.54) is 5.71 Å². The molecule has 0 amide bonds. The quantitative estimate of drug-likeness (QED) is 0.417. The molecule has 0 bridgehead atoms. The van der Waals surface area contributed by atoms with Crippen molar-refractivity contribution in [2.24, 2.45) is 5.10 Å². The van der Waals surface area contributed by atoms with Gasteiger partial charge in [-0.05, 0) is 20.3 Å². The minimum absolute atomic E-state index is 0.983. The van der Waals surface area contributed by atoms with Gasteiger partial charge in [0.05, 0.1) is 0 Å². The van der Waals surface area contributed by atoms with Crippen LogP contribution in [0.3, 0.4) is 0 Å². The summed E-state index contributed by atoms with van der Waals surface area (Å²) >= 11 is 0. The van der Waals surface area contributed by atoms with Gasteiger partial charge in [-0.2, -0.15) is 5.10 Å². The van der Waals surface area contributed by atoms with Crippen molar-refractivity contribution in [3.63, 3.8) is 0 Å². The molecule has 0 radical (unpaired) electrons. The predicted octanol–water partition coefficient (Wildman–Crippen LogP) is 1.72. The summed E-state index contributed by atoms with van der Waals surface area (Å²) < 4.78 is 0. The largest absolute Gasteiger partial charge is 0.300 e. The molecule has 0 heterocycles. The minimum Gasteiger partial charge on any atom is -0.300 e. The lowest BCUT2D eigenvalue weighted by atomic mass is 10.3. The highest BCUT2D eigenvalue weighted by molar-refractivity contribution is 5.81. The van der Waals surface area contributed by atoms with Gasteiger partial charge in [-0.25, -0.2) is 0 Å². The van der Waals surface area contributed by atoms with E-state index in [1.807, 2.05) is 19.0 Å². The lowest BCUT2D eigenvalue weighted by molar-refractivity contribution is 0.374. The Morgan fingerprint density at radius 1 is 1.44 bits per heavy atom. The van der Waals surface area contributed by atoms with Gasteiger partial charge < -0.3 is 5.01 Å². The van der Waals surface area contributed by atoms with E-state index in [0.717, 1.165) is 13.0 Å². The fourth-order valence-corrected chi connectivity index (χ4v) is 0.433. The molecule has 0 spiro atoms. The van der Waals surface area contributed by atoms with E-state index in [2.05, 4.69) is 18.9 Å². The zero-order chi connectivity index (χ0) is 7.28. The summed E-state index contributed by atoms with van der Waals surface area (Å²) in [5.41, 5.74) is 1.19. The van der Waals surface area contributed by atoms with E-state index in [0.29, 0.717) is 0 Å². The second-order valence-corrected chi connectivity index (χ2v) is 2.16. The molecule has 0 aromatic rings. The molecule has 0 saturated carbocycles. The van der Waals surface area contributed by atoms with E-state index in [9.17, 15) is 0 Å². The Morgan fingerprint density at radius 2 is 2.00 bits per heavy atom. The average Bonchev–Trinajstić information content (AvgIpc) is 1.87. The van der Waals surface area contributed by atoms with Crippen molar-refractivity contribution in [3.8, 4) is 0 Å². The monoisotopic (exact) mass is 128 g/mol. The Hall–Kier alpha value is -0.530. The molecular formula is C7H16N2. The number of hydrogen-bond acceptors (Lipinski definition) is 2. The number of hydrazone groups is 1. The van der Waals surface area contributed by atoms with E-state index >= 15 is 0 Å². The third kappa shape index (κ3) is 4.01. The van der Waals surface area contributed by atoms with Crippen LogP contribution in [0.4, 0.5) is 0 Å². The SMILES string of the molecule is CC/C(C)=N\N(C)CC. The molecule has 0 N–H and O–H groups in total. The number of hydrogen-bond donors (Lipinski definition) is 0. The summed E-state index contributed by atoms with van der Waals surface area (Å²) in [6, 6.07) is 0. The standard InChI is InChI=1S/C7H16N2/c1-5-7(3)8-9(4)6-2/h5-6H2,1-4H3/b8-7-. The zero-order valence-electron chi connectivity index (χ0n) is 6.81. The molecule has 0 fully saturated rings. The molecule has 0 unspecified atom stereocenters. The van der Waals surface area contributed by atoms with Crippen LogP contribution < -0.4 is 0 Å². The van der Waals surface area contributed by atoms with Gasteiger partial charge in [-0.1, -0.05) is 6.92 Å². The van der Waals surface area contributed by atoms with Gasteiger partial charge in [0.25, 0.3) is 0 Å². The van der Waals surface area contributed by atoms with Crippen LogP contribution in [0.15, 0.2) is 5.10 Å². The van der Waals surface area contributed by atoms with E-state index < -0.39 is 0 Å². The molecule has 2 nitrogen and oxygen atoms in total. The molecule has 0 aromatic heterocycles. The van der Waals surface area contributed by atoms with Crippen LogP contribution in [-0.4, -0.2) is 24.3 Å². The van der Waals surface area contributed by atoms with E-state index in [-0.39, 0.29) is 0 Å². The van der Waals surface area contributed by atoms with Gasteiger partial charge in [0, 0.05) is 19.3 Å². The van der Waals surface area contributed by atoms with Crippen LogP contribution in [0.1, 0.15) is 27.2 Å². The van der Waals surface area contributed by atoms with E-state index in [1.54, 1.807) is 0 Å². The second kappa shape index (κ2) is 4.36. The van der Waals surface area contributed by atoms with Crippen molar-refractivity contribution in [1.82, 2.24) is 5.01 Å². The molecule has 0 atom stereocenters. The van der Waals surface area contributed by atoms with Gasteiger partial charge in [0.15, 0.2) is 0 Å². The first-order valence-electron chi connectivity index (χ1n) is 3.45. The fourth-order valence-electron chi connectivity index (χ4n) is 0.433. The first kappa shape index (κ1) is 8.47. The summed E-state index contributed by atoms with van der Waals surface area (Å²) in [7, 11) is 1.99. The minimum atomic E-state index is 0.983. The third-order valence-electron chi connectivity index (χ3n) is 1.31. The lowest BCUT2D eigenvalue weighted by Crippen LogP contribution is -2.11. The first-order valence-corrected chi connectivity index (χ1v) is 3.45. The highest BCUT2D eigenvalue weighted by Crippen LogP contribution is 1.87. The van der Waals surface area contributed by atoms with Crippen LogP contribution in [0.2, 0.25) is 0 Å². The van der Waals surface area contributed by atoms with Gasteiger partial charge in [-0.3, -0.25) is 0 Å². The summed E-state index contributed by atoms with van der Waals surface area (Å²) in [5.74, 6) is 0. The van der Waals surface area contributed by atoms with Crippen molar-refractivity contribution in [2.45, 2.75) is 27.2 Å². The number of rotatable bonds is 3. The molecule has 0 rings (SSSR count). The molecule has 2 heteroatoms. The van der Waals surface area contributed by atoms with Crippen LogP contribution in [-0.2, 0) is 0 Å². The highest BCUT2D eigenvalue weighted by atomic mass is 15.4. The van der Waals surface area contributed by atoms with Crippen molar-refractivity contribution >= 4 is 5.71 Å². The maximum atomic E-state index is 4.26. The van der Waals surface area contributed by atoms with Crippen LogP contribution >= 0.6 is 0 Å². The Morgan fingerprint density at radius 3 is 2.33 bits per heavy atom. The van der Waals surface area contributed by atoms with Crippen LogP contribution in [0.5, 0.6) is 0 Å². The second-order valence-electron chi connectivity index (χ2n) is 2.16. The molecule has 0 aromatic carbocycles. The van der Waals surface area contributed by atoms with Gasteiger partial charge >= 0.3 is 0 Å². The highest BCUT2D eigenvalue weighted by Gasteiger charge is 1.87. The zero-order valence-corrected chi connectivity index (χ0v) is 6.81. The van der Waals surface area contributed by atoms with E-state index in [4.69, 9.17) is 0 Å². The van der Waals surface area contributed by atoms with Crippen molar-refractivity contribution < 1.29 is 0 Å². The summed E-state index contributed by atoms with van der Waals surface area (Å²) in [6.07, 6.45) is 1.05. The summed E-state index contributed by atoms with van der Waals surface area (Å²) in [5, 5.41) is 6.21. The fraction of sp³-hybridized carbons (Fsp3) is 0.857. The van der Waals surface area contributed by atoms with Crippen LogP contribution in [0.25, 0.3) is 0 Å². The molecule has 9 heavy (non-hydrogen) atoms. The van der Waals surface area contributed by atoms with Crippen molar-refractivity contribution in [2.75, 3.05) is 13.6 Å². The first-order chi connectivity index (χ1) is 4.20. The van der Waals surface area contributed by atoms with Crippen LogP contribution in [0, 0.1) is 0 Å². The smallest absolute Gasteiger partial charge is 0.0347 e. The Labute approximate surface area is 57.6 Å². The molecule has 0 aliphatic carbocycles. The Balaban J connectivity index is 3.64. The average molecular weight is 128 g/mol. The maximum Gasteiger partial charge on any atom is 0.0347 e. The van der Waals surface area contributed by atoms with Gasteiger partial charge in [0.1, 0.15) is 0 Å². The number of nitrogens with zero attached hydrogens (tertiary/aromatic N) is 2. The molecular weight excluding hydrogens is 112 g/mol. The molecule has 0 saturated heterocycles. The Kier molecular flexibility index (Phi) is 4.10. The normalized spacial score (nSPS) is 11.8. The predicted molar refractivity (Wildman–Crippen MR) is 41.7 cm³/mol. The third-order valence-corrected chi connectivity index (χ3v) is 1.31. The summed E-state index contributed by atoms with van der Waals surface area (Å²) in [6.45, 7) is 7.23. The topological polar surface area (TPSA) is 15.6 Å². The summed E-state index contributed by atoms with van der Waals surface area (Å²) in [4.78, 5) is 0. The molecule has 0 aliphatic rings. The Bertz CT molecular complexity index is 97.1. The van der Waals surface area contributed by atoms with Gasteiger partial charge in [0.2, 0.25) is 0 Å². The lowest BCUT2D eigenvalue weighted by Gasteiger charge is -2.09. The van der Waals surface area contributed by atoms with Gasteiger partial charge in [-0.15, -0.1) is 0 Å². The van der Waals surface area contributed by atoms with Crippen molar-refractivity contribution in [3.05, 3.63) is 0 Å². The maximum absolute atomic E-state index is 4.26.